The van der Waals surface area contributed by atoms with Gasteiger partial charge in [0.15, 0.2) is 0 Å². The molecule has 0 bridgehead atoms. The number of fused-ring (bicyclic) bond motifs is 1. The van der Waals surface area contributed by atoms with Crippen LogP contribution in [0.2, 0.25) is 5.02 Å². The lowest BCUT2D eigenvalue weighted by Gasteiger charge is -2.19. The number of amides is 3. The molecule has 0 unspecified atom stereocenters. The van der Waals surface area contributed by atoms with Crippen molar-refractivity contribution in [3.05, 3.63) is 83.3 Å². The van der Waals surface area contributed by atoms with Gasteiger partial charge in [-0.15, -0.1) is 0 Å². The van der Waals surface area contributed by atoms with Crippen molar-refractivity contribution in [1.82, 2.24) is 4.57 Å². The largest absolute Gasteiger partial charge is 0.444 e. The van der Waals surface area contributed by atoms with Gasteiger partial charge in [-0.3, -0.25) is 5.32 Å². The maximum atomic E-state index is 15.1. The highest BCUT2D eigenvalue weighted by Gasteiger charge is 2.33. The van der Waals surface area contributed by atoms with Gasteiger partial charge in [-0.1, -0.05) is 11.6 Å². The van der Waals surface area contributed by atoms with Crippen LogP contribution in [0.15, 0.2) is 66.9 Å². The second-order valence-corrected chi connectivity index (χ2v) is 9.93. The number of halogens is 5. The molecular formula is C27H23ClF4N4O3. The molecular weight excluding hydrogens is 540 g/mol. The lowest BCUT2D eigenvalue weighted by Crippen LogP contribution is -2.27. The minimum Gasteiger partial charge on any atom is -0.444 e. The molecule has 4 rings (SSSR count). The SMILES string of the molecule is CC(C)(C)OC(=O)Nc1ccc2c(ccn2-c2ccc(NC(=O)Nc3ccc(Cl)c(C(F)(F)F)c3)cc2F)c1. The highest BCUT2D eigenvalue weighted by atomic mass is 35.5. The molecule has 0 aliphatic heterocycles. The van der Waals surface area contributed by atoms with E-state index in [9.17, 15) is 22.8 Å². The number of anilines is 3. The third-order valence-corrected chi connectivity index (χ3v) is 5.66. The summed E-state index contributed by atoms with van der Waals surface area (Å²) in [4.78, 5) is 24.4. The number of nitrogens with zero attached hydrogens (tertiary/aromatic N) is 1. The molecule has 3 aromatic carbocycles. The summed E-state index contributed by atoms with van der Waals surface area (Å²) in [6.07, 6.45) is -3.64. The standard InChI is InChI=1S/C27H23ClF4N4O3/c1-26(2,3)39-25(38)35-16-5-8-22-15(12-16)10-11-36(22)23-9-6-18(14-21(23)29)34-24(37)33-17-4-7-20(28)19(13-17)27(30,31)32/h4-14H,1-3H3,(H,35,38)(H2,33,34,37). The van der Waals surface area contributed by atoms with Crippen LogP contribution in [-0.2, 0) is 10.9 Å². The van der Waals surface area contributed by atoms with Crippen molar-refractivity contribution in [3.63, 3.8) is 0 Å². The second-order valence-electron chi connectivity index (χ2n) is 9.52. The van der Waals surface area contributed by atoms with E-state index in [0.717, 1.165) is 17.5 Å². The smallest absolute Gasteiger partial charge is 0.417 e. The molecule has 0 spiro atoms. The fourth-order valence-electron chi connectivity index (χ4n) is 3.75. The molecule has 0 aliphatic carbocycles. The van der Waals surface area contributed by atoms with Gasteiger partial charge >= 0.3 is 18.3 Å². The number of alkyl halides is 3. The lowest BCUT2D eigenvalue weighted by atomic mass is 10.2. The van der Waals surface area contributed by atoms with Gasteiger partial charge in [-0.25, -0.2) is 14.0 Å². The zero-order valence-electron chi connectivity index (χ0n) is 20.9. The summed E-state index contributed by atoms with van der Waals surface area (Å²) in [6.45, 7) is 5.26. The average molecular weight is 563 g/mol. The van der Waals surface area contributed by atoms with Crippen molar-refractivity contribution in [3.8, 4) is 5.69 Å². The normalized spacial score (nSPS) is 11.8. The Balaban J connectivity index is 1.47. The van der Waals surface area contributed by atoms with Gasteiger partial charge in [-0.2, -0.15) is 13.2 Å². The number of aromatic nitrogens is 1. The highest BCUT2D eigenvalue weighted by Crippen LogP contribution is 2.36. The van der Waals surface area contributed by atoms with E-state index in [-0.39, 0.29) is 17.1 Å². The second kappa shape index (κ2) is 10.5. The predicted molar refractivity (Wildman–Crippen MR) is 142 cm³/mol. The summed E-state index contributed by atoms with van der Waals surface area (Å²) in [5.41, 5.74) is -0.447. The molecule has 3 amide bonds. The Labute approximate surface area is 225 Å². The minimum absolute atomic E-state index is 0.0825. The fraction of sp³-hybridized carbons (Fsp3) is 0.185. The number of carbonyl (C=O) groups is 2. The Bertz CT molecular complexity index is 1560. The molecule has 39 heavy (non-hydrogen) atoms. The number of urea groups is 1. The van der Waals surface area contributed by atoms with E-state index in [4.69, 9.17) is 16.3 Å². The zero-order chi connectivity index (χ0) is 28.5. The molecule has 1 heterocycles. The first-order chi connectivity index (χ1) is 18.2. The predicted octanol–water partition coefficient (Wildman–Crippen LogP) is 8.43. The first kappa shape index (κ1) is 27.8. The van der Waals surface area contributed by atoms with Gasteiger partial charge in [0, 0.05) is 28.6 Å². The van der Waals surface area contributed by atoms with E-state index in [1.807, 2.05) is 0 Å². The Morgan fingerprint density at radius 3 is 2.10 bits per heavy atom. The van der Waals surface area contributed by atoms with Crippen LogP contribution in [0.25, 0.3) is 16.6 Å². The van der Waals surface area contributed by atoms with E-state index >= 15 is 4.39 Å². The highest BCUT2D eigenvalue weighted by molar-refractivity contribution is 6.31. The summed E-state index contributed by atoms with van der Waals surface area (Å²) in [7, 11) is 0. The molecule has 0 radical (unpaired) electrons. The van der Waals surface area contributed by atoms with E-state index in [1.54, 1.807) is 55.8 Å². The monoisotopic (exact) mass is 562 g/mol. The van der Waals surface area contributed by atoms with Crippen LogP contribution in [0.5, 0.6) is 0 Å². The molecule has 0 aliphatic rings. The molecule has 0 saturated carbocycles. The van der Waals surface area contributed by atoms with Crippen LogP contribution in [0.4, 0.5) is 44.2 Å². The number of ether oxygens (including phenoxy) is 1. The van der Waals surface area contributed by atoms with Crippen LogP contribution in [-0.4, -0.2) is 22.3 Å². The maximum Gasteiger partial charge on any atom is 0.417 e. The number of carbonyl (C=O) groups excluding carboxylic acids is 2. The van der Waals surface area contributed by atoms with Gasteiger partial charge in [0.2, 0.25) is 0 Å². The lowest BCUT2D eigenvalue weighted by molar-refractivity contribution is -0.137. The Morgan fingerprint density at radius 2 is 1.46 bits per heavy atom. The summed E-state index contributed by atoms with van der Waals surface area (Å²) < 4.78 is 61.1. The van der Waals surface area contributed by atoms with E-state index < -0.39 is 40.3 Å². The Hall–Kier alpha value is -4.25. The topological polar surface area (TPSA) is 84.4 Å². The van der Waals surface area contributed by atoms with Crippen molar-refractivity contribution in [2.24, 2.45) is 0 Å². The Morgan fingerprint density at radius 1 is 0.846 bits per heavy atom. The summed E-state index contributed by atoms with van der Waals surface area (Å²) >= 11 is 5.59. The van der Waals surface area contributed by atoms with Crippen LogP contribution < -0.4 is 16.0 Å². The molecule has 0 fully saturated rings. The van der Waals surface area contributed by atoms with Gasteiger partial charge in [0.05, 0.1) is 21.8 Å². The molecule has 1 aromatic heterocycles. The zero-order valence-corrected chi connectivity index (χ0v) is 21.7. The number of nitrogens with one attached hydrogen (secondary N) is 3. The average Bonchev–Trinajstić information content (AvgIpc) is 3.21. The van der Waals surface area contributed by atoms with Gasteiger partial charge in [-0.05, 0) is 81.4 Å². The van der Waals surface area contributed by atoms with Gasteiger partial charge in [0.25, 0.3) is 0 Å². The van der Waals surface area contributed by atoms with Crippen LogP contribution in [0.3, 0.4) is 0 Å². The quantitative estimate of drug-likeness (QED) is 0.218. The van der Waals surface area contributed by atoms with Crippen LogP contribution in [0, 0.1) is 5.82 Å². The first-order valence-electron chi connectivity index (χ1n) is 11.6. The van der Waals surface area contributed by atoms with Gasteiger partial charge in [0.1, 0.15) is 11.4 Å². The van der Waals surface area contributed by atoms with Crippen molar-refractivity contribution in [1.29, 1.82) is 0 Å². The van der Waals surface area contributed by atoms with Crippen LogP contribution >= 0.6 is 11.6 Å². The van der Waals surface area contributed by atoms with E-state index in [0.29, 0.717) is 17.3 Å². The third-order valence-electron chi connectivity index (χ3n) is 5.33. The van der Waals surface area contributed by atoms with E-state index in [2.05, 4.69) is 16.0 Å². The van der Waals surface area contributed by atoms with Crippen LogP contribution in [0.1, 0.15) is 26.3 Å². The molecule has 7 nitrogen and oxygen atoms in total. The molecule has 3 N–H and O–H groups in total. The molecule has 4 aromatic rings. The number of benzene rings is 3. The number of hydrogen-bond donors (Lipinski definition) is 3. The minimum atomic E-state index is -4.69. The Kier molecular flexibility index (Phi) is 7.47. The number of hydrogen-bond acceptors (Lipinski definition) is 3. The molecule has 204 valence electrons. The number of rotatable bonds is 4. The third kappa shape index (κ3) is 6.80. The first-order valence-corrected chi connectivity index (χ1v) is 11.9. The fourth-order valence-corrected chi connectivity index (χ4v) is 3.97. The van der Waals surface area contributed by atoms with Crippen molar-refractivity contribution in [2.45, 2.75) is 32.5 Å². The maximum absolute atomic E-state index is 15.1. The van der Waals surface area contributed by atoms with Crippen molar-refractivity contribution in [2.75, 3.05) is 16.0 Å². The summed E-state index contributed by atoms with van der Waals surface area (Å²) in [6, 6.07) is 12.9. The van der Waals surface area contributed by atoms with Crippen molar-refractivity contribution < 1.29 is 31.9 Å². The van der Waals surface area contributed by atoms with Gasteiger partial charge < -0.3 is 19.9 Å². The summed E-state index contributed by atoms with van der Waals surface area (Å²) in [5.74, 6) is -0.660. The molecule has 0 atom stereocenters. The van der Waals surface area contributed by atoms with E-state index in [1.165, 1.54) is 18.2 Å². The summed E-state index contributed by atoms with van der Waals surface area (Å²) in [5, 5.41) is 7.54. The van der Waals surface area contributed by atoms with Crippen molar-refractivity contribution >= 4 is 51.7 Å². The molecule has 0 saturated heterocycles. The molecule has 12 heteroatoms.